The lowest BCUT2D eigenvalue weighted by Gasteiger charge is -2.71. The molecule has 6 rings (SSSR count). The second-order valence-electron chi connectivity index (χ2n) is 18.5. The molecule has 12 atom stereocenters. The van der Waals surface area contributed by atoms with Gasteiger partial charge in [-0.05, 0) is 107 Å². The van der Waals surface area contributed by atoms with Crippen LogP contribution >= 0.6 is 15.9 Å². The molecule has 2 heterocycles. The Morgan fingerprint density at radius 2 is 1.85 bits per heavy atom. The number of halogens is 1. The topological polar surface area (TPSA) is 112 Å². The highest BCUT2D eigenvalue weighted by molar-refractivity contribution is 9.10. The van der Waals surface area contributed by atoms with Gasteiger partial charge in [-0.2, -0.15) is 0 Å². The van der Waals surface area contributed by atoms with Crippen LogP contribution in [0.25, 0.3) is 0 Å². The monoisotopic (exact) mass is 716 g/mol. The van der Waals surface area contributed by atoms with E-state index in [-0.39, 0.29) is 45.1 Å². The molecule has 9 heteroatoms. The summed E-state index contributed by atoms with van der Waals surface area (Å²) in [6, 6.07) is 0.00144. The molecule has 3 saturated carbocycles. The van der Waals surface area contributed by atoms with Gasteiger partial charge in [0.15, 0.2) is 4.73 Å². The van der Waals surface area contributed by atoms with Crippen molar-refractivity contribution in [1.82, 2.24) is 14.8 Å². The molecule has 5 aliphatic rings. The number of rotatable bonds is 8. The molecule has 4 fully saturated rings. The first kappa shape index (κ1) is 35.5. The second kappa shape index (κ2) is 11.6. The molecule has 0 radical (unpaired) electrons. The van der Waals surface area contributed by atoms with Crippen LogP contribution in [0.4, 0.5) is 0 Å². The molecule has 8 nitrogen and oxygen atoms in total. The summed E-state index contributed by atoms with van der Waals surface area (Å²) in [7, 11) is 0. The summed E-state index contributed by atoms with van der Waals surface area (Å²) in [5, 5.41) is 19.7. The first-order valence-corrected chi connectivity index (χ1v) is 19.1. The molecule has 4 aliphatic carbocycles. The lowest BCUT2D eigenvalue weighted by molar-refractivity contribution is -0.252. The number of nitrogens with two attached hydrogens (primary N) is 1. The zero-order valence-corrected chi connectivity index (χ0v) is 32.2. The van der Waals surface area contributed by atoms with Gasteiger partial charge >= 0.3 is 5.97 Å². The zero-order chi connectivity index (χ0) is 34.5. The number of nitrogens with zero attached hydrogens (tertiary/aromatic N) is 3. The van der Waals surface area contributed by atoms with E-state index in [4.69, 9.17) is 15.2 Å². The molecule has 1 unspecified atom stereocenters. The van der Waals surface area contributed by atoms with Crippen LogP contribution in [0.1, 0.15) is 114 Å². The Balaban J connectivity index is 1.45. The van der Waals surface area contributed by atoms with E-state index < -0.39 is 17.4 Å². The van der Waals surface area contributed by atoms with Crippen molar-refractivity contribution < 1.29 is 19.4 Å². The van der Waals surface area contributed by atoms with E-state index in [1.165, 1.54) is 5.57 Å². The number of carboxylic acid groups (broad SMARTS) is 1. The van der Waals surface area contributed by atoms with E-state index >= 15 is 0 Å². The van der Waals surface area contributed by atoms with E-state index in [0.29, 0.717) is 48.2 Å². The quantitative estimate of drug-likeness (QED) is 0.263. The molecule has 2 bridgehead atoms. The Labute approximate surface area is 291 Å². The van der Waals surface area contributed by atoms with E-state index in [0.717, 1.165) is 38.5 Å². The van der Waals surface area contributed by atoms with Crippen LogP contribution < -0.4 is 5.73 Å². The Morgan fingerprint density at radius 1 is 1.15 bits per heavy atom. The highest BCUT2D eigenvalue weighted by atomic mass is 79.9. The number of aliphatic carboxylic acids is 1. The molecule has 1 aromatic rings. The minimum absolute atomic E-state index is 0.00144. The van der Waals surface area contributed by atoms with Crippen molar-refractivity contribution in [3.8, 4) is 0 Å². The first-order valence-electron chi connectivity index (χ1n) is 18.3. The Bertz CT molecular complexity index is 1410. The van der Waals surface area contributed by atoms with Gasteiger partial charge in [0, 0.05) is 16.4 Å². The molecule has 47 heavy (non-hydrogen) atoms. The minimum Gasteiger partial charge on any atom is -0.481 e. The molecule has 0 spiro atoms. The van der Waals surface area contributed by atoms with Crippen LogP contribution in [0.15, 0.2) is 22.7 Å². The van der Waals surface area contributed by atoms with Crippen LogP contribution in [0, 0.1) is 62.6 Å². The molecule has 1 aliphatic heterocycles. The van der Waals surface area contributed by atoms with Gasteiger partial charge in [0.1, 0.15) is 6.33 Å². The van der Waals surface area contributed by atoms with E-state index in [9.17, 15) is 9.90 Å². The maximum atomic E-state index is 13.4. The fourth-order valence-corrected chi connectivity index (χ4v) is 12.5. The minimum atomic E-state index is -0.617. The van der Waals surface area contributed by atoms with Crippen molar-refractivity contribution in [2.75, 3.05) is 19.8 Å². The van der Waals surface area contributed by atoms with Crippen molar-refractivity contribution >= 4 is 21.9 Å². The summed E-state index contributed by atoms with van der Waals surface area (Å²) in [5.74, 6) is 0.719. The summed E-state index contributed by atoms with van der Waals surface area (Å²) in [5.41, 5.74) is 6.74. The lowest BCUT2D eigenvalue weighted by atomic mass is 9.34. The molecule has 0 amide bonds. The van der Waals surface area contributed by atoms with Gasteiger partial charge in [-0.25, -0.2) is 0 Å². The van der Waals surface area contributed by atoms with Crippen molar-refractivity contribution in [3.63, 3.8) is 0 Å². The predicted molar refractivity (Wildman–Crippen MR) is 188 cm³/mol. The van der Waals surface area contributed by atoms with Gasteiger partial charge in [-0.15, -0.1) is 10.2 Å². The number of aromatic nitrogens is 3. The number of hydrogen-bond donors (Lipinski definition) is 2. The largest absolute Gasteiger partial charge is 0.481 e. The summed E-state index contributed by atoms with van der Waals surface area (Å²) < 4.78 is 16.6. The van der Waals surface area contributed by atoms with Gasteiger partial charge in [-0.1, -0.05) is 74.0 Å². The Morgan fingerprint density at radius 3 is 2.45 bits per heavy atom. The average molecular weight is 718 g/mol. The van der Waals surface area contributed by atoms with Crippen molar-refractivity contribution in [3.05, 3.63) is 22.7 Å². The standard InChI is InChI=1S/C38H61BrN4O4/c1-22(2)24(5)33(6)15-16-35(8)25-11-12-28-34(7)18-46-20-38(28,26(25)13-14-36(35,9)29(33)31(44)45)17-27(43-21-41-42-32(43)39)30(34)47-19-37(10,40)23(3)4/h13,21-25,27-30H,11-12,14-20,40H2,1-10H3,(H,44,45)/t24-,25+,27-,28+,29-,30+,33-,34?,35-,36+,37+,38+/m1/s1. The van der Waals surface area contributed by atoms with Gasteiger partial charge in [0.25, 0.3) is 0 Å². The van der Waals surface area contributed by atoms with Crippen molar-refractivity contribution in [2.45, 2.75) is 125 Å². The summed E-state index contributed by atoms with van der Waals surface area (Å²) in [6.07, 6.45) is 10.1. The normalized spacial score (nSPS) is 45.0. The molecular formula is C38H61BrN4O4. The van der Waals surface area contributed by atoms with E-state index in [1.54, 1.807) is 0 Å². The van der Waals surface area contributed by atoms with Crippen LogP contribution in [-0.2, 0) is 14.3 Å². The van der Waals surface area contributed by atoms with Crippen molar-refractivity contribution in [2.24, 2.45) is 68.3 Å². The summed E-state index contributed by atoms with van der Waals surface area (Å²) in [4.78, 5) is 13.4. The smallest absolute Gasteiger partial charge is 0.307 e. The van der Waals surface area contributed by atoms with Gasteiger partial charge < -0.3 is 24.9 Å². The SMILES string of the molecule is CC(C)[C@@H](C)[C@@]1(C)CC[C@]2(C)[C@H]3CC[C@H]4C5(C)COC[C@@]4(C[C@@H](n4cnnc4Br)[C@@H]5OC[C@](C)(N)C(C)C)C3=CC[C@@]2(C)[C@@H]1C(=O)O. The van der Waals surface area contributed by atoms with Crippen LogP contribution in [-0.4, -0.2) is 57.3 Å². The average Bonchev–Trinajstić information content (AvgIpc) is 3.41. The van der Waals surface area contributed by atoms with E-state index in [2.05, 4.69) is 106 Å². The van der Waals surface area contributed by atoms with Crippen LogP contribution in [0.5, 0.6) is 0 Å². The lowest BCUT2D eigenvalue weighted by Crippen LogP contribution is -2.69. The molecular weight excluding hydrogens is 656 g/mol. The molecule has 3 N–H and O–H groups in total. The number of allylic oxidation sites excluding steroid dienone is 1. The maximum Gasteiger partial charge on any atom is 0.307 e. The zero-order valence-electron chi connectivity index (χ0n) is 30.6. The molecule has 0 aromatic carbocycles. The summed E-state index contributed by atoms with van der Waals surface area (Å²) >= 11 is 3.72. The second-order valence-corrected chi connectivity index (χ2v) is 19.2. The third-order valence-corrected chi connectivity index (χ3v) is 16.4. The maximum absolute atomic E-state index is 13.4. The fraction of sp³-hybridized carbons (Fsp3) is 0.868. The van der Waals surface area contributed by atoms with Gasteiger partial charge in [-0.3, -0.25) is 4.79 Å². The highest BCUT2D eigenvalue weighted by Crippen LogP contribution is 2.75. The number of carbonyl (C=O) groups is 1. The molecule has 264 valence electrons. The number of hydrogen-bond acceptors (Lipinski definition) is 6. The summed E-state index contributed by atoms with van der Waals surface area (Å²) in [6.45, 7) is 24.5. The fourth-order valence-electron chi connectivity index (χ4n) is 12.0. The predicted octanol–water partition coefficient (Wildman–Crippen LogP) is 7.93. The third kappa shape index (κ3) is 4.92. The van der Waals surface area contributed by atoms with Gasteiger partial charge in [0.05, 0.1) is 37.9 Å². The number of ether oxygens (including phenoxy) is 2. The number of fused-ring (bicyclic) bond motifs is 3. The number of carboxylic acids is 1. The van der Waals surface area contributed by atoms with Gasteiger partial charge in [0.2, 0.25) is 0 Å². The molecule has 1 saturated heterocycles. The Hall–Kier alpha value is -1.29. The third-order valence-electron chi connectivity index (χ3n) is 15.9. The van der Waals surface area contributed by atoms with E-state index in [1.807, 2.05) is 6.33 Å². The van der Waals surface area contributed by atoms with Crippen LogP contribution in [0.2, 0.25) is 0 Å². The van der Waals surface area contributed by atoms with Crippen LogP contribution in [0.3, 0.4) is 0 Å². The first-order chi connectivity index (χ1) is 21.8. The highest BCUT2D eigenvalue weighted by Gasteiger charge is 2.72. The van der Waals surface area contributed by atoms with Crippen molar-refractivity contribution in [1.29, 1.82) is 0 Å². The molecule has 1 aromatic heterocycles. The Kier molecular flexibility index (Phi) is 8.79.